The average Bonchev–Trinajstić information content (AvgIpc) is 2.32. The largest absolute Gasteiger partial charge is 0.316 e. The molecule has 0 fully saturated rings. The molecule has 0 aliphatic heterocycles. The lowest BCUT2D eigenvalue weighted by atomic mass is 10.3. The number of hydrogen-bond acceptors (Lipinski definition) is 5. The van der Waals surface area contributed by atoms with Gasteiger partial charge in [-0.3, -0.25) is 0 Å². The fourth-order valence-corrected chi connectivity index (χ4v) is 1.12. The van der Waals surface area contributed by atoms with Crippen LogP contribution >= 0.6 is 0 Å². The summed E-state index contributed by atoms with van der Waals surface area (Å²) in [6.45, 7) is 0. The van der Waals surface area contributed by atoms with Gasteiger partial charge in [0.1, 0.15) is 6.33 Å². The van der Waals surface area contributed by atoms with Gasteiger partial charge < -0.3 is 0 Å². The second-order valence-corrected chi connectivity index (χ2v) is 3.16. The van der Waals surface area contributed by atoms with Crippen molar-refractivity contribution in [3.63, 3.8) is 0 Å². The van der Waals surface area contributed by atoms with Crippen LogP contribution in [0.2, 0.25) is 0 Å². The van der Waals surface area contributed by atoms with Gasteiger partial charge in [-0.15, -0.1) is 4.36 Å². The summed E-state index contributed by atoms with van der Waals surface area (Å²) in [5, 5.41) is 0. The highest BCUT2D eigenvalue weighted by Crippen LogP contribution is 2.07. The summed E-state index contributed by atoms with van der Waals surface area (Å²) in [7, 11) is -2.34. The Morgan fingerprint density at radius 2 is 1.56 bits per heavy atom. The normalized spacial score (nSPS) is 8.50. The molecule has 2 aromatic rings. The van der Waals surface area contributed by atoms with E-state index < -0.39 is 10.5 Å². The summed E-state index contributed by atoms with van der Waals surface area (Å²) in [6, 6.07) is 10.3. The molecule has 0 unspecified atom stereocenters. The zero-order valence-corrected chi connectivity index (χ0v) is 9.08. The van der Waals surface area contributed by atoms with Crippen LogP contribution in [0.15, 0.2) is 59.5 Å². The van der Waals surface area contributed by atoms with Gasteiger partial charge >= 0.3 is 10.5 Å². The topological polar surface area (TPSA) is 72.3 Å². The minimum absolute atomic E-state index is 0.454. The van der Waals surface area contributed by atoms with Crippen molar-refractivity contribution in [1.29, 1.82) is 0 Å². The average molecular weight is 235 g/mol. The van der Waals surface area contributed by atoms with Gasteiger partial charge in [-0.25, -0.2) is 9.97 Å². The van der Waals surface area contributed by atoms with Gasteiger partial charge in [-0.1, -0.05) is 18.2 Å². The van der Waals surface area contributed by atoms with Crippen LogP contribution in [0.5, 0.6) is 0 Å². The fourth-order valence-electron chi connectivity index (χ4n) is 0.828. The molecule has 0 N–H and O–H groups in total. The summed E-state index contributed by atoms with van der Waals surface area (Å²) >= 11 is 0. The maximum atomic E-state index is 10.0. The van der Waals surface area contributed by atoms with Crippen molar-refractivity contribution >= 4 is 16.2 Å². The van der Waals surface area contributed by atoms with Gasteiger partial charge in [0.15, 0.2) is 0 Å². The smallest absolute Gasteiger partial charge is 0.245 e. The summed E-state index contributed by atoms with van der Waals surface area (Å²) in [6.07, 6.45) is 4.88. The lowest BCUT2D eigenvalue weighted by molar-refractivity contribution is 0.622. The van der Waals surface area contributed by atoms with E-state index in [0.29, 0.717) is 5.69 Å². The van der Waals surface area contributed by atoms with E-state index in [1.807, 2.05) is 0 Å². The SMILES string of the molecule is O=S(=O)=Nc1ccccc1.c1cncnc1. The van der Waals surface area contributed by atoms with Crippen molar-refractivity contribution in [2.75, 3.05) is 0 Å². The first kappa shape index (κ1) is 12.0. The van der Waals surface area contributed by atoms with Crippen molar-refractivity contribution < 1.29 is 8.42 Å². The third-order valence-corrected chi connectivity index (χ3v) is 1.77. The zero-order valence-electron chi connectivity index (χ0n) is 8.26. The van der Waals surface area contributed by atoms with Crippen LogP contribution in [-0.4, -0.2) is 18.4 Å². The first-order chi connectivity index (χ1) is 7.79. The molecule has 0 saturated heterocycles. The van der Waals surface area contributed by atoms with Gasteiger partial charge in [0.05, 0.1) is 5.69 Å². The Hall–Kier alpha value is -2.08. The van der Waals surface area contributed by atoms with E-state index in [4.69, 9.17) is 0 Å². The highest BCUT2D eigenvalue weighted by atomic mass is 32.2. The van der Waals surface area contributed by atoms with E-state index in [0.717, 1.165) is 0 Å². The Morgan fingerprint density at radius 3 is 1.94 bits per heavy atom. The Morgan fingerprint density at radius 1 is 0.938 bits per heavy atom. The molecule has 1 heterocycles. The minimum Gasteiger partial charge on any atom is -0.245 e. The van der Waals surface area contributed by atoms with Crippen molar-refractivity contribution in [3.05, 3.63) is 55.1 Å². The molecule has 0 amide bonds. The Bertz CT molecular complexity index is 492. The molecular weight excluding hydrogens is 226 g/mol. The minimum atomic E-state index is -2.34. The summed E-state index contributed by atoms with van der Waals surface area (Å²) in [5.74, 6) is 0. The highest BCUT2D eigenvalue weighted by Gasteiger charge is 1.82. The maximum absolute atomic E-state index is 10.0. The molecule has 0 spiro atoms. The van der Waals surface area contributed by atoms with Crippen molar-refractivity contribution in [2.24, 2.45) is 4.36 Å². The maximum Gasteiger partial charge on any atom is 0.316 e. The number of nitrogens with zero attached hydrogens (tertiary/aromatic N) is 3. The van der Waals surface area contributed by atoms with Crippen LogP contribution in [-0.2, 0) is 10.5 Å². The number of rotatable bonds is 1. The molecule has 0 atom stereocenters. The van der Waals surface area contributed by atoms with E-state index in [-0.39, 0.29) is 0 Å². The summed E-state index contributed by atoms with van der Waals surface area (Å²) in [4.78, 5) is 7.35. The molecule has 6 heteroatoms. The molecular formula is C10H9N3O2S. The zero-order chi connectivity index (χ0) is 11.6. The van der Waals surface area contributed by atoms with E-state index >= 15 is 0 Å². The Balaban J connectivity index is 0.000000181. The monoisotopic (exact) mass is 235 g/mol. The summed E-state index contributed by atoms with van der Waals surface area (Å²) in [5.41, 5.74) is 0.454. The van der Waals surface area contributed by atoms with Crippen molar-refractivity contribution in [3.8, 4) is 0 Å². The van der Waals surface area contributed by atoms with E-state index in [1.165, 1.54) is 6.33 Å². The van der Waals surface area contributed by atoms with Crippen LogP contribution in [0.1, 0.15) is 0 Å². The molecule has 0 bridgehead atoms. The number of hydrogen-bond donors (Lipinski definition) is 0. The first-order valence-electron chi connectivity index (χ1n) is 4.35. The first-order valence-corrected chi connectivity index (χ1v) is 5.38. The van der Waals surface area contributed by atoms with E-state index in [9.17, 15) is 8.42 Å². The molecule has 1 aromatic carbocycles. The van der Waals surface area contributed by atoms with Crippen molar-refractivity contribution in [1.82, 2.24) is 9.97 Å². The fraction of sp³-hybridized carbons (Fsp3) is 0. The lowest BCUT2D eigenvalue weighted by Gasteiger charge is -1.83. The Kier molecular flexibility index (Phi) is 5.43. The molecule has 1 aromatic heterocycles. The van der Waals surface area contributed by atoms with Crippen LogP contribution in [0.3, 0.4) is 0 Å². The molecule has 82 valence electrons. The van der Waals surface area contributed by atoms with E-state index in [1.54, 1.807) is 48.8 Å². The molecule has 0 aliphatic rings. The van der Waals surface area contributed by atoms with Gasteiger partial charge in [0, 0.05) is 12.4 Å². The Labute approximate surface area is 94.5 Å². The molecule has 0 aliphatic carbocycles. The van der Waals surface area contributed by atoms with Crippen LogP contribution in [0.4, 0.5) is 5.69 Å². The van der Waals surface area contributed by atoms with Gasteiger partial charge in [-0.05, 0) is 18.2 Å². The second-order valence-electron chi connectivity index (χ2n) is 2.55. The van der Waals surface area contributed by atoms with E-state index in [2.05, 4.69) is 14.3 Å². The molecule has 0 radical (unpaired) electrons. The van der Waals surface area contributed by atoms with Gasteiger partial charge in [0.2, 0.25) is 0 Å². The second kappa shape index (κ2) is 7.24. The number of aromatic nitrogens is 2. The molecule has 0 saturated carbocycles. The summed E-state index contributed by atoms with van der Waals surface area (Å²) < 4.78 is 23.3. The highest BCUT2D eigenvalue weighted by molar-refractivity contribution is 7.61. The van der Waals surface area contributed by atoms with Crippen LogP contribution in [0.25, 0.3) is 0 Å². The third-order valence-electron chi connectivity index (χ3n) is 1.41. The molecule has 2 rings (SSSR count). The third kappa shape index (κ3) is 5.61. The van der Waals surface area contributed by atoms with Gasteiger partial charge in [-0.2, -0.15) is 8.42 Å². The molecule has 16 heavy (non-hydrogen) atoms. The molecule has 5 nitrogen and oxygen atoms in total. The standard InChI is InChI=1S/C6H5NO2S.C4H4N2/c8-10(9)7-6-4-2-1-3-5-6;1-2-5-4-6-3-1/h1-5H;1-4H. The van der Waals surface area contributed by atoms with Gasteiger partial charge in [0.25, 0.3) is 0 Å². The lowest BCUT2D eigenvalue weighted by Crippen LogP contribution is -1.66. The number of benzene rings is 1. The quantitative estimate of drug-likeness (QED) is 0.756. The van der Waals surface area contributed by atoms with Crippen LogP contribution in [0, 0.1) is 0 Å². The predicted molar refractivity (Wildman–Crippen MR) is 59.5 cm³/mol. The van der Waals surface area contributed by atoms with Crippen molar-refractivity contribution in [2.45, 2.75) is 0 Å². The van der Waals surface area contributed by atoms with Crippen LogP contribution < -0.4 is 0 Å². The predicted octanol–water partition coefficient (Wildman–Crippen LogP) is 1.86.